The summed E-state index contributed by atoms with van der Waals surface area (Å²) in [4.78, 5) is 10.6. The Balaban J connectivity index is 2.03. The van der Waals surface area contributed by atoms with Crippen molar-refractivity contribution in [1.29, 1.82) is 0 Å². The summed E-state index contributed by atoms with van der Waals surface area (Å²) in [6.45, 7) is 2.09. The van der Waals surface area contributed by atoms with E-state index in [1.54, 1.807) is 6.20 Å². The van der Waals surface area contributed by atoms with Crippen molar-refractivity contribution in [3.8, 4) is 0 Å². The second-order valence-corrected chi connectivity index (χ2v) is 5.62. The normalized spacial score (nSPS) is 27.2. The van der Waals surface area contributed by atoms with Crippen LogP contribution in [0.3, 0.4) is 0 Å². The highest BCUT2D eigenvalue weighted by atomic mass is 35.5. The Morgan fingerprint density at radius 1 is 1.47 bits per heavy atom. The van der Waals surface area contributed by atoms with Crippen molar-refractivity contribution >= 4 is 23.1 Å². The average Bonchev–Trinajstić information content (AvgIpc) is 2.91. The molecule has 0 spiro atoms. The highest BCUT2D eigenvalue weighted by Gasteiger charge is 2.38. The maximum atomic E-state index is 10.3. The molecule has 5 nitrogen and oxygen atoms in total. The van der Waals surface area contributed by atoms with E-state index in [9.17, 15) is 5.11 Å². The lowest BCUT2D eigenvalue weighted by Crippen LogP contribution is -2.54. The fourth-order valence-electron chi connectivity index (χ4n) is 3.26. The Bertz CT molecular complexity index is 464. The molecule has 2 aliphatic rings. The number of nitrogens with zero attached hydrogens (tertiary/aromatic N) is 3. The molecule has 1 fully saturated rings. The van der Waals surface area contributed by atoms with Gasteiger partial charge in [0.25, 0.3) is 0 Å². The van der Waals surface area contributed by atoms with E-state index in [-0.39, 0.29) is 11.3 Å². The number of anilines is 2. The third-order valence-electron chi connectivity index (χ3n) is 4.15. The van der Waals surface area contributed by atoms with Gasteiger partial charge in [-0.2, -0.15) is 4.98 Å². The summed E-state index contributed by atoms with van der Waals surface area (Å²) in [5.41, 5.74) is 0.772. The SMILES string of the molecule is CC[C@@H]1C(O)Nc2cnc(Cl)nc2N1C1CCCC1. The number of rotatable bonds is 2. The van der Waals surface area contributed by atoms with Gasteiger partial charge in [0.2, 0.25) is 5.28 Å². The summed E-state index contributed by atoms with van der Waals surface area (Å²) in [6, 6.07) is 0.494. The van der Waals surface area contributed by atoms with Gasteiger partial charge < -0.3 is 15.3 Å². The van der Waals surface area contributed by atoms with Gasteiger partial charge in [0.15, 0.2) is 5.82 Å². The predicted molar refractivity (Wildman–Crippen MR) is 75.5 cm³/mol. The second kappa shape index (κ2) is 5.13. The number of aliphatic hydroxyl groups is 1. The first kappa shape index (κ1) is 12.9. The van der Waals surface area contributed by atoms with Crippen LogP contribution in [0.25, 0.3) is 0 Å². The van der Waals surface area contributed by atoms with Crippen molar-refractivity contribution in [1.82, 2.24) is 9.97 Å². The van der Waals surface area contributed by atoms with Gasteiger partial charge in [-0.25, -0.2) is 4.98 Å². The lowest BCUT2D eigenvalue weighted by Gasteiger charge is -2.44. The molecular weight excluding hydrogens is 264 g/mol. The van der Waals surface area contributed by atoms with Crippen molar-refractivity contribution in [2.24, 2.45) is 0 Å². The smallest absolute Gasteiger partial charge is 0.224 e. The quantitative estimate of drug-likeness (QED) is 0.816. The molecule has 104 valence electrons. The average molecular weight is 283 g/mol. The molecule has 1 unspecified atom stereocenters. The van der Waals surface area contributed by atoms with Crippen LogP contribution in [0, 0.1) is 0 Å². The van der Waals surface area contributed by atoms with Gasteiger partial charge in [-0.1, -0.05) is 19.8 Å². The third kappa shape index (κ3) is 2.25. The lowest BCUT2D eigenvalue weighted by molar-refractivity contribution is 0.154. The van der Waals surface area contributed by atoms with E-state index in [0.717, 1.165) is 30.8 Å². The maximum Gasteiger partial charge on any atom is 0.224 e. The van der Waals surface area contributed by atoms with E-state index >= 15 is 0 Å². The molecule has 3 rings (SSSR count). The number of aliphatic hydroxyl groups excluding tert-OH is 1. The molecule has 1 aromatic heterocycles. The van der Waals surface area contributed by atoms with Crippen LogP contribution in [-0.4, -0.2) is 33.4 Å². The number of hydrogen-bond donors (Lipinski definition) is 2. The highest BCUT2D eigenvalue weighted by Crippen LogP contribution is 2.38. The molecule has 0 saturated heterocycles. The lowest BCUT2D eigenvalue weighted by atomic mass is 10.0. The van der Waals surface area contributed by atoms with E-state index in [0.29, 0.717) is 6.04 Å². The summed E-state index contributed by atoms with van der Waals surface area (Å²) in [6.07, 6.45) is 6.75. The van der Waals surface area contributed by atoms with Crippen molar-refractivity contribution in [2.75, 3.05) is 10.2 Å². The number of fused-ring (bicyclic) bond motifs is 1. The van der Waals surface area contributed by atoms with Crippen LogP contribution in [0.2, 0.25) is 5.28 Å². The zero-order valence-corrected chi connectivity index (χ0v) is 11.8. The fraction of sp³-hybridized carbons (Fsp3) is 0.692. The van der Waals surface area contributed by atoms with Gasteiger partial charge in [-0.05, 0) is 30.9 Å². The highest BCUT2D eigenvalue weighted by molar-refractivity contribution is 6.28. The Morgan fingerprint density at radius 3 is 2.89 bits per heavy atom. The van der Waals surface area contributed by atoms with Crippen LogP contribution in [0.4, 0.5) is 11.5 Å². The molecule has 1 aliphatic heterocycles. The van der Waals surface area contributed by atoms with Crippen LogP contribution in [-0.2, 0) is 0 Å². The molecule has 2 N–H and O–H groups in total. The van der Waals surface area contributed by atoms with Gasteiger partial charge in [-0.3, -0.25) is 0 Å². The standard InChI is InChI=1S/C13H19ClN4O/c1-2-10-12(19)16-9-7-15-13(14)17-11(9)18(10)8-5-3-4-6-8/h7-8,10,12,16,19H,2-6H2,1H3/t10-,12?/m1/s1. The molecular formula is C13H19ClN4O. The third-order valence-corrected chi connectivity index (χ3v) is 4.33. The number of aromatic nitrogens is 2. The van der Waals surface area contributed by atoms with Crippen LogP contribution in [0.5, 0.6) is 0 Å². The Labute approximate surface area is 118 Å². The Morgan fingerprint density at radius 2 is 2.21 bits per heavy atom. The van der Waals surface area contributed by atoms with Crippen LogP contribution >= 0.6 is 11.6 Å². The predicted octanol–water partition coefficient (Wildman–Crippen LogP) is 2.40. The zero-order valence-electron chi connectivity index (χ0n) is 11.0. The number of halogens is 1. The maximum absolute atomic E-state index is 10.3. The number of nitrogens with one attached hydrogen (secondary N) is 1. The topological polar surface area (TPSA) is 61.3 Å². The van der Waals surface area contributed by atoms with Crippen molar-refractivity contribution in [2.45, 2.75) is 57.3 Å². The summed E-state index contributed by atoms with van der Waals surface area (Å²) in [5.74, 6) is 0.837. The van der Waals surface area contributed by atoms with Gasteiger partial charge in [0, 0.05) is 6.04 Å². The minimum atomic E-state index is -0.581. The van der Waals surface area contributed by atoms with E-state index < -0.39 is 6.23 Å². The van der Waals surface area contributed by atoms with Crippen LogP contribution in [0.15, 0.2) is 6.20 Å². The molecule has 2 atom stereocenters. The molecule has 1 saturated carbocycles. The largest absolute Gasteiger partial charge is 0.372 e. The molecule has 0 bridgehead atoms. The molecule has 0 aromatic carbocycles. The minimum Gasteiger partial charge on any atom is -0.372 e. The van der Waals surface area contributed by atoms with E-state index in [1.165, 1.54) is 12.8 Å². The van der Waals surface area contributed by atoms with Crippen molar-refractivity contribution in [3.63, 3.8) is 0 Å². The first-order chi connectivity index (χ1) is 9.20. The van der Waals surface area contributed by atoms with Crippen LogP contribution < -0.4 is 10.2 Å². The van der Waals surface area contributed by atoms with Crippen molar-refractivity contribution in [3.05, 3.63) is 11.5 Å². The summed E-state index contributed by atoms with van der Waals surface area (Å²) < 4.78 is 0. The summed E-state index contributed by atoms with van der Waals surface area (Å²) in [7, 11) is 0. The summed E-state index contributed by atoms with van der Waals surface area (Å²) in [5, 5.41) is 13.6. The van der Waals surface area contributed by atoms with Crippen LogP contribution in [0.1, 0.15) is 39.0 Å². The minimum absolute atomic E-state index is 0.0431. The van der Waals surface area contributed by atoms with Gasteiger partial charge in [0.05, 0.1) is 17.9 Å². The first-order valence-electron chi connectivity index (χ1n) is 6.96. The van der Waals surface area contributed by atoms with E-state index in [1.807, 2.05) is 0 Å². The molecule has 6 heteroatoms. The summed E-state index contributed by atoms with van der Waals surface area (Å²) >= 11 is 5.94. The van der Waals surface area contributed by atoms with E-state index in [4.69, 9.17) is 11.6 Å². The Kier molecular flexibility index (Phi) is 3.50. The molecule has 1 aromatic rings. The molecule has 19 heavy (non-hydrogen) atoms. The molecule has 2 heterocycles. The Hall–Kier alpha value is -1.07. The van der Waals surface area contributed by atoms with Gasteiger partial charge in [0.1, 0.15) is 6.23 Å². The fourth-order valence-corrected chi connectivity index (χ4v) is 3.39. The second-order valence-electron chi connectivity index (χ2n) is 5.29. The van der Waals surface area contributed by atoms with Gasteiger partial charge in [-0.15, -0.1) is 0 Å². The first-order valence-corrected chi connectivity index (χ1v) is 7.34. The molecule has 0 amide bonds. The molecule has 0 radical (unpaired) electrons. The van der Waals surface area contributed by atoms with Gasteiger partial charge >= 0.3 is 0 Å². The number of hydrogen-bond acceptors (Lipinski definition) is 5. The monoisotopic (exact) mass is 282 g/mol. The molecule has 1 aliphatic carbocycles. The zero-order chi connectivity index (χ0) is 13.4. The van der Waals surface area contributed by atoms with Crippen molar-refractivity contribution < 1.29 is 5.11 Å². The van der Waals surface area contributed by atoms with E-state index in [2.05, 4.69) is 27.1 Å².